The van der Waals surface area contributed by atoms with Gasteiger partial charge < -0.3 is 14.9 Å². The second-order valence-electron chi connectivity index (χ2n) is 10.6. The van der Waals surface area contributed by atoms with Gasteiger partial charge in [-0.15, -0.1) is 0 Å². The molecule has 6 nitrogen and oxygen atoms in total. The van der Waals surface area contributed by atoms with Crippen LogP contribution in [-0.4, -0.2) is 35.4 Å². The number of ketones is 1. The highest BCUT2D eigenvalue weighted by molar-refractivity contribution is 7.99. The highest BCUT2D eigenvalue weighted by Gasteiger charge is 2.47. The van der Waals surface area contributed by atoms with E-state index < -0.39 is 41.2 Å². The maximum absolute atomic E-state index is 13.3. The van der Waals surface area contributed by atoms with Crippen molar-refractivity contribution in [2.75, 3.05) is 7.11 Å². The number of ether oxygens (including phenoxy) is 1. The average Bonchev–Trinajstić information content (AvgIpc) is 3.07. The summed E-state index contributed by atoms with van der Waals surface area (Å²) in [5.41, 5.74) is -3.28. The average molecular weight is 631 g/mol. The molecule has 4 aromatic carbocycles. The van der Waals surface area contributed by atoms with Gasteiger partial charge in [-0.25, -0.2) is 0 Å². The van der Waals surface area contributed by atoms with Gasteiger partial charge in [-0.05, 0) is 24.3 Å². The van der Waals surface area contributed by atoms with E-state index in [1.165, 1.54) is 23.5 Å². The molecule has 0 aromatic heterocycles. The Hall–Kier alpha value is -4.57. The fourth-order valence-electron chi connectivity index (χ4n) is 5.65. The van der Waals surface area contributed by atoms with Crippen LogP contribution in [0.25, 0.3) is 0 Å². The highest BCUT2D eigenvalue weighted by Crippen LogP contribution is 2.49. The van der Waals surface area contributed by atoms with Gasteiger partial charge in [0.2, 0.25) is 5.78 Å². The molecule has 0 saturated carbocycles. The molecule has 2 N–H and O–H groups in total. The molecule has 0 saturated heterocycles. The van der Waals surface area contributed by atoms with Gasteiger partial charge in [0.25, 0.3) is 0 Å². The topological polar surface area (TPSA) is 101 Å². The molecule has 0 atom stereocenters. The first-order valence-corrected chi connectivity index (χ1v) is 15.7. The Balaban J connectivity index is 1.42. The molecule has 0 aliphatic carbocycles. The molecular formula is C37H26O6S2. The van der Waals surface area contributed by atoms with Crippen molar-refractivity contribution in [3.05, 3.63) is 119 Å². The minimum absolute atomic E-state index is 0.0629. The van der Waals surface area contributed by atoms with E-state index in [0.717, 1.165) is 26.7 Å². The van der Waals surface area contributed by atoms with E-state index in [1.807, 2.05) is 48.5 Å². The molecule has 6 rings (SSSR count). The standard InChI is InChI=1S/C37H26O6S2/c1-43-34(40)35(33(39)24-38,20-10-22-36(41)25-12-2-6-16-29(25)44-30-17-7-3-13-26(30)36)21-11-23-37(42)27-14-4-8-18-31(27)45-32-19-9-5-15-28(32)37/h2-9,12-19,24,41-42H,20-21H2,1H3. The summed E-state index contributed by atoms with van der Waals surface area (Å²) in [6.07, 6.45) is -0.840. The maximum Gasteiger partial charge on any atom is 0.321 e. The Morgan fingerprint density at radius 3 is 1.33 bits per heavy atom. The van der Waals surface area contributed by atoms with Gasteiger partial charge in [0.1, 0.15) is 0 Å². The number of hydrogen-bond donors (Lipinski definition) is 2. The Morgan fingerprint density at radius 1 is 0.689 bits per heavy atom. The lowest BCUT2D eigenvalue weighted by atomic mass is 9.76. The molecule has 2 aliphatic heterocycles. The summed E-state index contributed by atoms with van der Waals surface area (Å²) in [4.78, 5) is 41.7. The van der Waals surface area contributed by atoms with Gasteiger partial charge >= 0.3 is 5.97 Å². The number of Topliss-reactive ketones (excluding diaryl/α,β-unsaturated/α-hetero) is 1. The maximum atomic E-state index is 13.3. The molecule has 8 heteroatoms. The molecule has 0 bridgehead atoms. The third kappa shape index (κ3) is 5.16. The summed E-state index contributed by atoms with van der Waals surface area (Å²) in [5, 5.41) is 24.0. The van der Waals surface area contributed by atoms with Gasteiger partial charge in [0.05, 0.1) is 7.11 Å². The molecule has 2 heterocycles. The molecule has 222 valence electrons. The van der Waals surface area contributed by atoms with Crippen molar-refractivity contribution in [1.29, 1.82) is 0 Å². The van der Waals surface area contributed by atoms with Gasteiger partial charge in [0.15, 0.2) is 22.9 Å². The van der Waals surface area contributed by atoms with Crippen LogP contribution in [0.5, 0.6) is 0 Å². The fourth-order valence-corrected chi connectivity index (χ4v) is 8.01. The predicted molar refractivity (Wildman–Crippen MR) is 170 cm³/mol. The summed E-state index contributed by atoms with van der Waals surface area (Å²) in [6.45, 7) is 0. The number of carbonyl (C=O) groups is 3. The van der Waals surface area contributed by atoms with Crippen molar-refractivity contribution < 1.29 is 29.3 Å². The first-order valence-electron chi connectivity index (χ1n) is 14.0. The SMILES string of the molecule is COC(=O)C(CC#CC1(O)c2ccccc2Sc2ccccc21)(CC#CC1(O)c2ccccc2Sc2ccccc21)C(=O)C=O. The number of benzene rings is 4. The predicted octanol–water partition coefficient (Wildman–Crippen LogP) is 5.50. The second kappa shape index (κ2) is 12.1. The molecule has 0 radical (unpaired) electrons. The molecule has 4 aromatic rings. The Kier molecular flexibility index (Phi) is 8.18. The number of hydrogen-bond acceptors (Lipinski definition) is 8. The van der Waals surface area contributed by atoms with E-state index in [2.05, 4.69) is 23.7 Å². The van der Waals surface area contributed by atoms with Crippen molar-refractivity contribution in [2.24, 2.45) is 5.41 Å². The first kappa shape index (κ1) is 30.5. The number of carbonyl (C=O) groups excluding carboxylic acids is 3. The number of aliphatic hydroxyl groups is 2. The lowest BCUT2D eigenvalue weighted by Gasteiger charge is -2.32. The lowest BCUT2D eigenvalue weighted by Crippen LogP contribution is -2.41. The van der Waals surface area contributed by atoms with Crippen LogP contribution >= 0.6 is 23.5 Å². The smallest absolute Gasteiger partial charge is 0.321 e. The second-order valence-corrected chi connectivity index (χ2v) is 12.8. The van der Waals surface area contributed by atoms with Crippen molar-refractivity contribution in [2.45, 2.75) is 43.6 Å². The Morgan fingerprint density at radius 2 is 1.02 bits per heavy atom. The van der Waals surface area contributed by atoms with Crippen LogP contribution in [0.4, 0.5) is 0 Å². The largest absolute Gasteiger partial charge is 0.468 e. The Bertz CT molecular complexity index is 1760. The summed E-state index contributed by atoms with van der Waals surface area (Å²) >= 11 is 3.02. The molecule has 2 aliphatic rings. The monoisotopic (exact) mass is 630 g/mol. The number of rotatable bonds is 5. The zero-order valence-corrected chi connectivity index (χ0v) is 25.7. The summed E-state index contributed by atoms with van der Waals surface area (Å²) < 4.78 is 5.01. The van der Waals surface area contributed by atoms with E-state index in [-0.39, 0.29) is 6.29 Å². The van der Waals surface area contributed by atoms with Crippen molar-refractivity contribution in [3.8, 4) is 23.7 Å². The van der Waals surface area contributed by atoms with Gasteiger partial charge in [-0.2, -0.15) is 0 Å². The minimum atomic E-state index is -2.09. The number of aldehydes is 1. The summed E-state index contributed by atoms with van der Waals surface area (Å²) in [7, 11) is 1.12. The summed E-state index contributed by atoms with van der Waals surface area (Å²) in [6, 6.07) is 29.3. The van der Waals surface area contributed by atoms with E-state index in [4.69, 9.17) is 4.74 Å². The van der Waals surface area contributed by atoms with E-state index in [9.17, 15) is 24.6 Å². The van der Waals surface area contributed by atoms with Crippen LogP contribution in [0.2, 0.25) is 0 Å². The van der Waals surface area contributed by atoms with Crippen LogP contribution in [0.15, 0.2) is 117 Å². The molecule has 0 amide bonds. The van der Waals surface area contributed by atoms with Crippen LogP contribution < -0.4 is 0 Å². The zero-order chi connectivity index (χ0) is 31.7. The molecular weight excluding hydrogens is 605 g/mol. The van der Waals surface area contributed by atoms with Crippen molar-refractivity contribution in [1.82, 2.24) is 0 Å². The van der Waals surface area contributed by atoms with Crippen LogP contribution in [0.3, 0.4) is 0 Å². The summed E-state index contributed by atoms with van der Waals surface area (Å²) in [5.74, 6) is 9.49. The normalized spacial score (nSPS) is 14.8. The fraction of sp³-hybridized carbons (Fsp3) is 0.162. The molecule has 0 unspecified atom stereocenters. The van der Waals surface area contributed by atoms with Crippen LogP contribution in [-0.2, 0) is 30.3 Å². The van der Waals surface area contributed by atoms with Gasteiger partial charge in [0, 0.05) is 54.7 Å². The van der Waals surface area contributed by atoms with Crippen LogP contribution in [0, 0.1) is 29.1 Å². The highest BCUT2D eigenvalue weighted by atomic mass is 32.2. The first-order chi connectivity index (χ1) is 21.8. The van der Waals surface area contributed by atoms with Crippen LogP contribution in [0.1, 0.15) is 35.1 Å². The Labute approximate surface area is 269 Å². The quantitative estimate of drug-likeness (QED) is 0.0981. The van der Waals surface area contributed by atoms with E-state index in [0.29, 0.717) is 22.3 Å². The molecule has 45 heavy (non-hydrogen) atoms. The molecule has 0 fully saturated rings. The number of fused-ring (bicyclic) bond motifs is 4. The molecule has 0 spiro atoms. The van der Waals surface area contributed by atoms with Gasteiger partial charge in [-0.3, -0.25) is 14.4 Å². The lowest BCUT2D eigenvalue weighted by molar-refractivity contribution is -0.158. The van der Waals surface area contributed by atoms with Crippen molar-refractivity contribution in [3.63, 3.8) is 0 Å². The van der Waals surface area contributed by atoms with Crippen molar-refractivity contribution >= 4 is 41.6 Å². The number of methoxy groups -OCH3 is 1. The van der Waals surface area contributed by atoms with E-state index >= 15 is 0 Å². The van der Waals surface area contributed by atoms with Gasteiger partial charge in [-0.1, -0.05) is 120 Å². The minimum Gasteiger partial charge on any atom is -0.468 e. The van der Waals surface area contributed by atoms with E-state index in [1.54, 1.807) is 48.5 Å². The number of esters is 1. The zero-order valence-electron chi connectivity index (χ0n) is 24.1. The third-order valence-electron chi connectivity index (χ3n) is 8.02. The third-order valence-corrected chi connectivity index (χ3v) is 10.3.